The molecule has 2 amide bonds. The number of carbonyl (C=O) groups excluding carboxylic acids is 2. The smallest absolute Gasteiger partial charge is 0.293 e. The molecular weight excluding hydrogens is 428 g/mol. The first-order valence-corrected chi connectivity index (χ1v) is 9.96. The predicted octanol–water partition coefficient (Wildman–Crippen LogP) is 4.63. The molecule has 7 heteroatoms. The van der Waals surface area contributed by atoms with Crippen molar-refractivity contribution in [1.29, 1.82) is 0 Å². The molecule has 3 rings (SSSR count). The summed E-state index contributed by atoms with van der Waals surface area (Å²) in [5.41, 5.74) is 1.96. The third-order valence-electron chi connectivity index (χ3n) is 3.98. The van der Waals surface area contributed by atoms with Gasteiger partial charge in [-0.25, -0.2) is 0 Å². The van der Waals surface area contributed by atoms with Crippen LogP contribution in [0.4, 0.5) is 10.5 Å². The molecule has 0 unspecified atom stereocenters. The Morgan fingerprint density at radius 2 is 1.74 bits per heavy atom. The Morgan fingerprint density at radius 1 is 1.07 bits per heavy atom. The van der Waals surface area contributed by atoms with E-state index in [0.29, 0.717) is 10.7 Å². The van der Waals surface area contributed by atoms with Crippen LogP contribution < -0.4 is 9.64 Å². The van der Waals surface area contributed by atoms with Crippen molar-refractivity contribution in [3.63, 3.8) is 0 Å². The number of rotatable bonds is 6. The molecule has 1 fully saturated rings. The van der Waals surface area contributed by atoms with Crippen LogP contribution >= 0.6 is 27.7 Å². The predicted molar refractivity (Wildman–Crippen MR) is 113 cm³/mol. The van der Waals surface area contributed by atoms with Crippen LogP contribution in [-0.4, -0.2) is 43.3 Å². The number of halogens is 1. The van der Waals surface area contributed by atoms with E-state index >= 15 is 0 Å². The van der Waals surface area contributed by atoms with Crippen molar-refractivity contribution >= 4 is 50.6 Å². The molecule has 1 saturated heterocycles. The Hall–Kier alpha value is -2.25. The minimum absolute atomic E-state index is 0.220. The highest BCUT2D eigenvalue weighted by molar-refractivity contribution is 9.10. The van der Waals surface area contributed by atoms with Gasteiger partial charge in [0.05, 0.1) is 11.4 Å². The largest absolute Gasteiger partial charge is 0.492 e. The Bertz CT molecular complexity index is 864. The van der Waals surface area contributed by atoms with Crippen molar-refractivity contribution in [3.05, 3.63) is 63.5 Å². The third-order valence-corrected chi connectivity index (χ3v) is 5.41. The maximum absolute atomic E-state index is 12.5. The number of carbonyl (C=O) groups is 2. The fourth-order valence-corrected chi connectivity index (χ4v) is 3.63. The van der Waals surface area contributed by atoms with E-state index in [-0.39, 0.29) is 24.3 Å². The van der Waals surface area contributed by atoms with E-state index in [1.165, 1.54) is 4.90 Å². The molecule has 1 aliphatic heterocycles. The molecule has 5 nitrogen and oxygen atoms in total. The second kappa shape index (κ2) is 8.63. The minimum Gasteiger partial charge on any atom is -0.492 e. The Morgan fingerprint density at radius 3 is 2.37 bits per heavy atom. The van der Waals surface area contributed by atoms with E-state index in [9.17, 15) is 9.59 Å². The van der Waals surface area contributed by atoms with E-state index in [4.69, 9.17) is 4.74 Å². The van der Waals surface area contributed by atoms with Crippen LogP contribution in [0.15, 0.2) is 57.9 Å². The third kappa shape index (κ3) is 4.93. The average molecular weight is 447 g/mol. The molecule has 0 radical (unpaired) electrons. The van der Waals surface area contributed by atoms with Gasteiger partial charge in [-0.2, -0.15) is 0 Å². The quantitative estimate of drug-likeness (QED) is 0.605. The number of hydrogen-bond acceptors (Lipinski definition) is 5. The van der Waals surface area contributed by atoms with Gasteiger partial charge >= 0.3 is 0 Å². The lowest BCUT2D eigenvalue weighted by Crippen LogP contribution is -2.32. The van der Waals surface area contributed by atoms with Crippen LogP contribution in [0, 0.1) is 0 Å². The summed E-state index contributed by atoms with van der Waals surface area (Å²) in [6.45, 7) is 0.474. The highest BCUT2D eigenvalue weighted by Crippen LogP contribution is 2.32. The van der Waals surface area contributed by atoms with Gasteiger partial charge < -0.3 is 9.64 Å². The molecule has 0 bridgehead atoms. The highest BCUT2D eigenvalue weighted by Gasteiger charge is 2.34. The summed E-state index contributed by atoms with van der Waals surface area (Å²) in [7, 11) is 3.94. The van der Waals surface area contributed by atoms with E-state index in [2.05, 4.69) is 15.9 Å². The van der Waals surface area contributed by atoms with Crippen LogP contribution in [0.1, 0.15) is 5.56 Å². The minimum atomic E-state index is -0.277. The van der Waals surface area contributed by atoms with Crippen molar-refractivity contribution in [2.24, 2.45) is 0 Å². The monoisotopic (exact) mass is 446 g/mol. The van der Waals surface area contributed by atoms with Gasteiger partial charge in [-0.15, -0.1) is 0 Å². The highest BCUT2D eigenvalue weighted by atomic mass is 79.9. The second-order valence-electron chi connectivity index (χ2n) is 6.12. The molecule has 0 saturated carbocycles. The SMILES string of the molecule is CN(C)c1ccc(/C=C2\SC(=O)N(CCOc3ccc(Br)cc3)C2=O)cc1. The lowest BCUT2D eigenvalue weighted by molar-refractivity contribution is -0.123. The van der Waals surface area contributed by atoms with Crippen LogP contribution in [0.3, 0.4) is 0 Å². The summed E-state index contributed by atoms with van der Waals surface area (Å²) in [6, 6.07) is 15.2. The molecule has 0 atom stereocenters. The van der Waals surface area contributed by atoms with E-state index in [0.717, 1.165) is 27.5 Å². The molecule has 0 aromatic heterocycles. The van der Waals surface area contributed by atoms with Crippen molar-refractivity contribution < 1.29 is 14.3 Å². The maximum atomic E-state index is 12.5. The van der Waals surface area contributed by atoms with Gasteiger partial charge in [0, 0.05) is 24.3 Å². The van der Waals surface area contributed by atoms with Crippen molar-refractivity contribution in [3.8, 4) is 5.75 Å². The van der Waals surface area contributed by atoms with Gasteiger partial charge in [0.15, 0.2) is 0 Å². The molecule has 0 N–H and O–H groups in total. The summed E-state index contributed by atoms with van der Waals surface area (Å²) < 4.78 is 6.57. The fraction of sp³-hybridized carbons (Fsp3) is 0.200. The first-order chi connectivity index (χ1) is 12.9. The number of benzene rings is 2. The normalized spacial score (nSPS) is 15.5. The summed E-state index contributed by atoms with van der Waals surface area (Å²) in [4.78, 5) is 28.4. The fourth-order valence-electron chi connectivity index (χ4n) is 2.50. The Labute approximate surface area is 171 Å². The number of nitrogens with zero attached hydrogens (tertiary/aromatic N) is 2. The summed E-state index contributed by atoms with van der Waals surface area (Å²) in [6.07, 6.45) is 1.75. The second-order valence-corrected chi connectivity index (χ2v) is 8.03. The lowest BCUT2D eigenvalue weighted by Gasteiger charge is -2.13. The topological polar surface area (TPSA) is 49.9 Å². The van der Waals surface area contributed by atoms with Crippen molar-refractivity contribution in [1.82, 2.24) is 4.90 Å². The number of thioether (sulfide) groups is 1. The molecule has 140 valence electrons. The van der Waals surface area contributed by atoms with E-state index in [1.807, 2.05) is 67.5 Å². The Balaban J connectivity index is 1.61. The molecule has 1 aliphatic rings. The van der Waals surface area contributed by atoms with E-state index < -0.39 is 0 Å². The van der Waals surface area contributed by atoms with Gasteiger partial charge in [0.25, 0.3) is 11.1 Å². The molecule has 0 spiro atoms. The maximum Gasteiger partial charge on any atom is 0.293 e. The first kappa shape index (κ1) is 19.5. The number of imide groups is 1. The van der Waals surface area contributed by atoms with Gasteiger partial charge in [0.1, 0.15) is 12.4 Å². The molecule has 0 aliphatic carbocycles. The van der Waals surface area contributed by atoms with Gasteiger partial charge in [0.2, 0.25) is 0 Å². The van der Waals surface area contributed by atoms with Gasteiger partial charge in [-0.3, -0.25) is 14.5 Å². The molecular formula is C20H19BrN2O3S. The summed E-state index contributed by atoms with van der Waals surface area (Å²) >= 11 is 4.33. The molecule has 27 heavy (non-hydrogen) atoms. The number of amides is 2. The zero-order valence-corrected chi connectivity index (χ0v) is 17.4. The molecule has 2 aromatic carbocycles. The summed E-state index contributed by atoms with van der Waals surface area (Å²) in [5, 5.41) is -0.268. The van der Waals surface area contributed by atoms with Crippen molar-refractivity contribution in [2.45, 2.75) is 0 Å². The van der Waals surface area contributed by atoms with Gasteiger partial charge in [-0.05, 0) is 59.8 Å². The first-order valence-electron chi connectivity index (χ1n) is 8.35. The number of anilines is 1. The van der Waals surface area contributed by atoms with Crippen LogP contribution in [0.5, 0.6) is 5.75 Å². The van der Waals surface area contributed by atoms with Crippen LogP contribution in [0.25, 0.3) is 6.08 Å². The zero-order chi connectivity index (χ0) is 19.4. The van der Waals surface area contributed by atoms with Crippen molar-refractivity contribution in [2.75, 3.05) is 32.1 Å². The molecule has 1 heterocycles. The molecule has 2 aromatic rings. The van der Waals surface area contributed by atoms with Crippen LogP contribution in [0.2, 0.25) is 0 Å². The van der Waals surface area contributed by atoms with E-state index in [1.54, 1.807) is 6.08 Å². The summed E-state index contributed by atoms with van der Waals surface area (Å²) in [5.74, 6) is 0.419. The zero-order valence-electron chi connectivity index (χ0n) is 15.0. The Kier molecular flexibility index (Phi) is 6.23. The average Bonchev–Trinajstić information content (AvgIpc) is 2.91. The lowest BCUT2D eigenvalue weighted by atomic mass is 10.2. The van der Waals surface area contributed by atoms with Crippen LogP contribution in [-0.2, 0) is 4.79 Å². The van der Waals surface area contributed by atoms with Gasteiger partial charge in [-0.1, -0.05) is 28.1 Å². The number of ether oxygens (including phenoxy) is 1. The standard InChI is InChI=1S/C20H19BrN2O3S/c1-22(2)16-7-3-14(4-8-16)13-18-19(24)23(20(25)27-18)11-12-26-17-9-5-15(21)6-10-17/h3-10,13H,11-12H2,1-2H3/b18-13-. The number of hydrogen-bond donors (Lipinski definition) is 0.